The van der Waals surface area contributed by atoms with Gasteiger partial charge in [0.05, 0.1) is 0 Å². The number of carbonyl (C=O) groups is 1. The highest BCUT2D eigenvalue weighted by molar-refractivity contribution is 9.09. The van der Waals surface area contributed by atoms with Gasteiger partial charge in [0.15, 0.2) is 0 Å². The zero-order chi connectivity index (χ0) is 9.78. The van der Waals surface area contributed by atoms with Crippen LogP contribution >= 0.6 is 15.9 Å². The molecule has 1 atom stereocenters. The normalized spacial score (nSPS) is 14.1. The molecule has 0 saturated carbocycles. The fraction of sp³-hybridized carbons (Fsp3) is 0.833. The van der Waals surface area contributed by atoms with Crippen LogP contribution in [0.4, 0.5) is 13.2 Å². The molecule has 0 fully saturated rings. The van der Waals surface area contributed by atoms with E-state index in [0.717, 1.165) is 0 Å². The van der Waals surface area contributed by atoms with Crippen molar-refractivity contribution in [2.45, 2.75) is 24.3 Å². The average Bonchev–Trinajstić information content (AvgIpc) is 1.97. The fourth-order valence-corrected chi connectivity index (χ4v) is 0.498. The molecule has 0 radical (unpaired) electrons. The summed E-state index contributed by atoms with van der Waals surface area (Å²) in [5, 5.41) is 0. The Labute approximate surface area is 76.2 Å². The van der Waals surface area contributed by atoms with Crippen LogP contribution in [0.1, 0.15) is 13.3 Å². The molecular formula is C6H8BrF3O2. The van der Waals surface area contributed by atoms with Crippen LogP contribution in [0.3, 0.4) is 0 Å². The van der Waals surface area contributed by atoms with Crippen molar-refractivity contribution in [2.75, 3.05) is 6.61 Å². The Morgan fingerprint density at radius 1 is 1.58 bits per heavy atom. The van der Waals surface area contributed by atoms with Crippen LogP contribution in [0.25, 0.3) is 0 Å². The van der Waals surface area contributed by atoms with E-state index < -0.39 is 12.1 Å². The lowest BCUT2D eigenvalue weighted by Gasteiger charge is -2.09. The summed E-state index contributed by atoms with van der Waals surface area (Å²) in [5.41, 5.74) is 0. The molecule has 0 bridgehead atoms. The summed E-state index contributed by atoms with van der Waals surface area (Å²) in [6.45, 7) is 1.51. The highest BCUT2D eigenvalue weighted by atomic mass is 79.9. The monoisotopic (exact) mass is 248 g/mol. The topological polar surface area (TPSA) is 26.3 Å². The van der Waals surface area contributed by atoms with Crippen LogP contribution < -0.4 is 0 Å². The Balaban J connectivity index is 3.73. The number of hydrogen-bond acceptors (Lipinski definition) is 2. The molecule has 1 unspecified atom stereocenters. The van der Waals surface area contributed by atoms with Crippen LogP contribution in [-0.2, 0) is 9.53 Å². The SMILES string of the molecule is CCC(Br)COC(=O)C(F)(F)F. The Bertz CT molecular complexity index is 157. The van der Waals surface area contributed by atoms with Gasteiger partial charge >= 0.3 is 12.1 Å². The second kappa shape index (κ2) is 4.69. The molecular weight excluding hydrogens is 241 g/mol. The van der Waals surface area contributed by atoms with Gasteiger partial charge in [0.2, 0.25) is 0 Å². The second-order valence-electron chi connectivity index (χ2n) is 2.10. The number of carbonyl (C=O) groups excluding carboxylic acids is 1. The number of alkyl halides is 4. The van der Waals surface area contributed by atoms with Gasteiger partial charge in [0.1, 0.15) is 6.61 Å². The van der Waals surface area contributed by atoms with Crippen LogP contribution in [0.2, 0.25) is 0 Å². The maximum atomic E-state index is 11.5. The number of hydrogen-bond donors (Lipinski definition) is 0. The number of rotatable bonds is 3. The number of esters is 1. The Morgan fingerprint density at radius 3 is 2.42 bits per heavy atom. The van der Waals surface area contributed by atoms with Crippen molar-refractivity contribution >= 4 is 21.9 Å². The molecule has 6 heteroatoms. The minimum absolute atomic E-state index is 0.219. The molecule has 0 rings (SSSR count). The molecule has 2 nitrogen and oxygen atoms in total. The molecule has 0 aliphatic carbocycles. The van der Waals surface area contributed by atoms with E-state index in [1.54, 1.807) is 6.92 Å². The third-order valence-corrected chi connectivity index (χ3v) is 1.98. The van der Waals surface area contributed by atoms with E-state index in [1.807, 2.05) is 0 Å². The number of halogens is 4. The summed E-state index contributed by atoms with van der Waals surface area (Å²) >= 11 is 3.03. The van der Waals surface area contributed by atoms with E-state index in [2.05, 4.69) is 20.7 Å². The Kier molecular flexibility index (Phi) is 4.59. The van der Waals surface area contributed by atoms with Crippen molar-refractivity contribution in [2.24, 2.45) is 0 Å². The smallest absolute Gasteiger partial charge is 0.458 e. The predicted molar refractivity (Wildman–Crippen MR) is 40.0 cm³/mol. The first-order valence-electron chi connectivity index (χ1n) is 3.26. The van der Waals surface area contributed by atoms with Crippen LogP contribution in [0, 0.1) is 0 Å². The molecule has 0 aromatic rings. The van der Waals surface area contributed by atoms with Crippen LogP contribution in [-0.4, -0.2) is 23.6 Å². The van der Waals surface area contributed by atoms with Crippen molar-refractivity contribution in [3.63, 3.8) is 0 Å². The average molecular weight is 249 g/mol. The molecule has 12 heavy (non-hydrogen) atoms. The Hall–Kier alpha value is -0.260. The highest BCUT2D eigenvalue weighted by Gasteiger charge is 2.40. The van der Waals surface area contributed by atoms with Gasteiger partial charge < -0.3 is 4.74 Å². The van der Waals surface area contributed by atoms with Crippen molar-refractivity contribution in [1.29, 1.82) is 0 Å². The van der Waals surface area contributed by atoms with E-state index in [-0.39, 0.29) is 11.4 Å². The molecule has 0 heterocycles. The van der Waals surface area contributed by atoms with E-state index in [4.69, 9.17) is 0 Å². The zero-order valence-electron chi connectivity index (χ0n) is 6.32. The first kappa shape index (κ1) is 11.7. The van der Waals surface area contributed by atoms with Crippen molar-refractivity contribution in [3.05, 3.63) is 0 Å². The van der Waals surface area contributed by atoms with Gasteiger partial charge in [-0.05, 0) is 6.42 Å². The summed E-state index contributed by atoms with van der Waals surface area (Å²) in [5.74, 6) is -2.14. The summed E-state index contributed by atoms with van der Waals surface area (Å²) in [4.78, 5) is 9.90. The molecule has 0 aromatic carbocycles. The van der Waals surface area contributed by atoms with Gasteiger partial charge in [-0.1, -0.05) is 22.9 Å². The second-order valence-corrected chi connectivity index (χ2v) is 3.40. The lowest BCUT2D eigenvalue weighted by atomic mass is 10.4. The maximum Gasteiger partial charge on any atom is 0.490 e. The molecule has 72 valence electrons. The summed E-state index contributed by atoms with van der Waals surface area (Å²) in [7, 11) is 0. The van der Waals surface area contributed by atoms with Gasteiger partial charge in [0.25, 0.3) is 0 Å². The third kappa shape index (κ3) is 4.58. The molecule has 0 aromatic heterocycles. The van der Waals surface area contributed by atoms with E-state index in [9.17, 15) is 18.0 Å². The van der Waals surface area contributed by atoms with E-state index >= 15 is 0 Å². The van der Waals surface area contributed by atoms with Crippen molar-refractivity contribution in [3.8, 4) is 0 Å². The Morgan fingerprint density at radius 2 is 2.08 bits per heavy atom. The van der Waals surface area contributed by atoms with E-state index in [1.165, 1.54) is 0 Å². The minimum Gasteiger partial charge on any atom is -0.458 e. The molecule has 0 aliphatic rings. The molecule has 0 aliphatic heterocycles. The molecule has 0 amide bonds. The lowest BCUT2D eigenvalue weighted by Crippen LogP contribution is -2.27. The van der Waals surface area contributed by atoms with E-state index in [0.29, 0.717) is 6.42 Å². The van der Waals surface area contributed by atoms with Crippen LogP contribution in [0.15, 0.2) is 0 Å². The molecule has 0 N–H and O–H groups in total. The third-order valence-electron chi connectivity index (χ3n) is 1.07. The summed E-state index contributed by atoms with van der Waals surface area (Å²) in [6.07, 6.45) is -4.29. The lowest BCUT2D eigenvalue weighted by molar-refractivity contribution is -0.199. The number of ether oxygens (including phenoxy) is 1. The first-order chi connectivity index (χ1) is 5.38. The van der Waals surface area contributed by atoms with Gasteiger partial charge in [-0.15, -0.1) is 0 Å². The van der Waals surface area contributed by atoms with Crippen LogP contribution in [0.5, 0.6) is 0 Å². The summed E-state index contributed by atoms with van der Waals surface area (Å²) < 4.78 is 38.5. The minimum atomic E-state index is -4.89. The standard InChI is InChI=1S/C6H8BrF3O2/c1-2-4(7)3-12-5(11)6(8,9)10/h4H,2-3H2,1H3. The van der Waals surface area contributed by atoms with Gasteiger partial charge in [-0.2, -0.15) is 13.2 Å². The highest BCUT2D eigenvalue weighted by Crippen LogP contribution is 2.17. The largest absolute Gasteiger partial charge is 0.490 e. The van der Waals surface area contributed by atoms with Gasteiger partial charge in [-0.25, -0.2) is 4.79 Å². The quantitative estimate of drug-likeness (QED) is 0.566. The fourth-order valence-electron chi connectivity index (χ4n) is 0.366. The zero-order valence-corrected chi connectivity index (χ0v) is 7.91. The van der Waals surface area contributed by atoms with Gasteiger partial charge in [0, 0.05) is 4.83 Å². The van der Waals surface area contributed by atoms with Crippen molar-refractivity contribution in [1.82, 2.24) is 0 Å². The van der Waals surface area contributed by atoms with Gasteiger partial charge in [-0.3, -0.25) is 0 Å². The first-order valence-corrected chi connectivity index (χ1v) is 4.17. The molecule has 0 spiro atoms. The maximum absolute atomic E-state index is 11.5. The molecule has 0 saturated heterocycles. The van der Waals surface area contributed by atoms with Crippen molar-refractivity contribution < 1.29 is 22.7 Å². The predicted octanol–water partition coefficient (Wildman–Crippen LogP) is 2.27. The summed E-state index contributed by atoms with van der Waals surface area (Å²) in [6, 6.07) is 0.